The van der Waals surface area contributed by atoms with E-state index in [0.717, 1.165) is 11.3 Å². The number of benzene rings is 1. The fourth-order valence-electron chi connectivity index (χ4n) is 2.09. The second-order valence-electron chi connectivity index (χ2n) is 5.07. The third-order valence-electron chi connectivity index (χ3n) is 3.27. The van der Waals surface area contributed by atoms with Crippen LogP contribution >= 0.6 is 23.1 Å². The SMILES string of the molecule is CN(Cc1cccc(-n2cccn2)c1)C(=O)CSc1nnc(N)s1. The van der Waals surface area contributed by atoms with E-state index in [2.05, 4.69) is 15.3 Å². The van der Waals surface area contributed by atoms with E-state index in [4.69, 9.17) is 5.73 Å². The number of hydrogen-bond donors (Lipinski definition) is 1. The van der Waals surface area contributed by atoms with Crippen molar-refractivity contribution in [2.24, 2.45) is 0 Å². The van der Waals surface area contributed by atoms with Crippen molar-refractivity contribution in [2.75, 3.05) is 18.5 Å². The van der Waals surface area contributed by atoms with Gasteiger partial charge in [-0.15, -0.1) is 10.2 Å². The summed E-state index contributed by atoms with van der Waals surface area (Å²) >= 11 is 2.63. The Morgan fingerprint density at radius 3 is 2.96 bits per heavy atom. The van der Waals surface area contributed by atoms with Crippen molar-refractivity contribution >= 4 is 34.1 Å². The third kappa shape index (κ3) is 4.12. The minimum absolute atomic E-state index is 0.0262. The summed E-state index contributed by atoms with van der Waals surface area (Å²) in [4.78, 5) is 13.9. The molecule has 24 heavy (non-hydrogen) atoms. The summed E-state index contributed by atoms with van der Waals surface area (Å²) in [6.45, 7) is 0.534. The fourth-order valence-corrected chi connectivity index (χ4v) is 3.67. The summed E-state index contributed by atoms with van der Waals surface area (Å²) in [6, 6.07) is 9.84. The molecule has 1 amide bonds. The molecule has 2 aromatic heterocycles. The van der Waals surface area contributed by atoms with Crippen LogP contribution in [0.3, 0.4) is 0 Å². The molecule has 1 aromatic carbocycles. The van der Waals surface area contributed by atoms with Gasteiger partial charge in [-0.1, -0.05) is 35.2 Å². The molecular weight excluding hydrogens is 344 g/mol. The molecule has 9 heteroatoms. The Labute approximate surface area is 147 Å². The standard InChI is InChI=1S/C15H16N6OS2/c1-20(13(22)10-23-15-19-18-14(16)24-15)9-11-4-2-5-12(8-11)21-7-3-6-17-21/h2-8H,9-10H2,1H3,(H2,16,18). The van der Waals surface area contributed by atoms with E-state index in [1.807, 2.05) is 36.5 Å². The van der Waals surface area contributed by atoms with Crippen molar-refractivity contribution in [3.05, 3.63) is 48.3 Å². The predicted molar refractivity (Wildman–Crippen MR) is 95.1 cm³/mol. The molecule has 0 aliphatic rings. The average Bonchev–Trinajstić information content (AvgIpc) is 3.24. The molecule has 0 aliphatic carbocycles. The number of nitrogen functional groups attached to an aromatic ring is 1. The van der Waals surface area contributed by atoms with Gasteiger partial charge in [-0.05, 0) is 23.8 Å². The molecule has 3 rings (SSSR count). The van der Waals surface area contributed by atoms with E-state index in [1.54, 1.807) is 22.8 Å². The van der Waals surface area contributed by atoms with Crippen molar-refractivity contribution in [1.82, 2.24) is 24.9 Å². The Morgan fingerprint density at radius 2 is 2.25 bits per heavy atom. The van der Waals surface area contributed by atoms with Gasteiger partial charge < -0.3 is 10.6 Å². The fraction of sp³-hybridized carbons (Fsp3) is 0.200. The molecule has 3 aromatic rings. The molecule has 124 valence electrons. The van der Waals surface area contributed by atoms with Crippen LogP contribution in [0.1, 0.15) is 5.56 Å². The van der Waals surface area contributed by atoms with Gasteiger partial charge in [0.25, 0.3) is 0 Å². The highest BCUT2D eigenvalue weighted by Gasteiger charge is 2.12. The molecular formula is C15H16N6OS2. The molecule has 0 fully saturated rings. The first-order chi connectivity index (χ1) is 11.6. The first-order valence-electron chi connectivity index (χ1n) is 7.16. The van der Waals surface area contributed by atoms with E-state index in [-0.39, 0.29) is 5.91 Å². The number of nitrogens with two attached hydrogens (primary N) is 1. The molecule has 0 atom stereocenters. The molecule has 0 saturated carbocycles. The van der Waals surface area contributed by atoms with E-state index in [0.29, 0.717) is 21.8 Å². The largest absolute Gasteiger partial charge is 0.374 e. The highest BCUT2D eigenvalue weighted by Crippen LogP contribution is 2.23. The van der Waals surface area contributed by atoms with Crippen LogP contribution in [-0.2, 0) is 11.3 Å². The highest BCUT2D eigenvalue weighted by molar-refractivity contribution is 8.01. The van der Waals surface area contributed by atoms with Crippen molar-refractivity contribution in [1.29, 1.82) is 0 Å². The molecule has 0 unspecified atom stereocenters. The van der Waals surface area contributed by atoms with Crippen molar-refractivity contribution in [2.45, 2.75) is 10.9 Å². The van der Waals surface area contributed by atoms with E-state index < -0.39 is 0 Å². The topological polar surface area (TPSA) is 89.9 Å². The lowest BCUT2D eigenvalue weighted by Crippen LogP contribution is -2.27. The Hall–Kier alpha value is -2.39. The van der Waals surface area contributed by atoms with E-state index in [1.165, 1.54) is 23.1 Å². The minimum Gasteiger partial charge on any atom is -0.374 e. The van der Waals surface area contributed by atoms with E-state index in [9.17, 15) is 4.79 Å². The zero-order chi connectivity index (χ0) is 16.9. The van der Waals surface area contributed by atoms with Crippen LogP contribution < -0.4 is 5.73 Å². The second-order valence-corrected chi connectivity index (χ2v) is 7.30. The second kappa shape index (κ2) is 7.45. The first kappa shape index (κ1) is 16.5. The normalized spacial score (nSPS) is 10.7. The quantitative estimate of drug-likeness (QED) is 0.677. The van der Waals surface area contributed by atoms with E-state index >= 15 is 0 Å². The van der Waals surface area contributed by atoms with Gasteiger partial charge in [-0.3, -0.25) is 4.79 Å². The highest BCUT2D eigenvalue weighted by atomic mass is 32.2. The van der Waals surface area contributed by atoms with Gasteiger partial charge >= 0.3 is 0 Å². The number of carbonyl (C=O) groups is 1. The lowest BCUT2D eigenvalue weighted by atomic mass is 10.2. The zero-order valence-electron chi connectivity index (χ0n) is 13.0. The minimum atomic E-state index is 0.0262. The molecule has 2 N–H and O–H groups in total. The van der Waals surface area contributed by atoms with Crippen molar-refractivity contribution in [3.63, 3.8) is 0 Å². The van der Waals surface area contributed by atoms with Crippen LogP contribution in [0.25, 0.3) is 5.69 Å². The van der Waals surface area contributed by atoms with Crippen LogP contribution in [0.15, 0.2) is 47.1 Å². The molecule has 0 aliphatic heterocycles. The summed E-state index contributed by atoms with van der Waals surface area (Å²) in [5.74, 6) is 0.336. The molecule has 0 spiro atoms. The number of hydrogen-bond acceptors (Lipinski definition) is 7. The number of amides is 1. The Bertz CT molecular complexity index is 817. The summed E-state index contributed by atoms with van der Waals surface area (Å²) in [5.41, 5.74) is 7.55. The smallest absolute Gasteiger partial charge is 0.233 e. The Balaban J connectivity index is 1.58. The van der Waals surface area contributed by atoms with Gasteiger partial charge in [0, 0.05) is 26.0 Å². The van der Waals surface area contributed by atoms with Crippen LogP contribution in [0.4, 0.5) is 5.13 Å². The number of nitrogens with zero attached hydrogens (tertiary/aromatic N) is 5. The van der Waals surface area contributed by atoms with Gasteiger partial charge in [-0.25, -0.2) is 4.68 Å². The number of aromatic nitrogens is 4. The summed E-state index contributed by atoms with van der Waals surface area (Å²) in [7, 11) is 1.79. The maximum absolute atomic E-state index is 12.3. The number of carbonyl (C=O) groups excluding carboxylic acids is 1. The third-order valence-corrected chi connectivity index (χ3v) is 5.14. The molecule has 0 bridgehead atoms. The summed E-state index contributed by atoms with van der Waals surface area (Å²) < 4.78 is 2.50. The average molecular weight is 360 g/mol. The van der Waals surface area contributed by atoms with Crippen molar-refractivity contribution < 1.29 is 4.79 Å². The number of thioether (sulfide) groups is 1. The maximum atomic E-state index is 12.3. The Kier molecular flexibility index (Phi) is 5.11. The molecule has 0 radical (unpaired) electrons. The monoisotopic (exact) mass is 360 g/mol. The lowest BCUT2D eigenvalue weighted by molar-refractivity contribution is -0.127. The van der Waals surface area contributed by atoms with Crippen LogP contribution in [0, 0.1) is 0 Å². The molecule has 2 heterocycles. The van der Waals surface area contributed by atoms with Gasteiger partial charge in [0.15, 0.2) is 4.34 Å². The van der Waals surface area contributed by atoms with Crippen molar-refractivity contribution in [3.8, 4) is 5.69 Å². The summed E-state index contributed by atoms with van der Waals surface area (Å²) in [6.07, 6.45) is 3.62. The van der Waals surface area contributed by atoms with Gasteiger partial charge in [0.2, 0.25) is 11.0 Å². The van der Waals surface area contributed by atoms with Crippen LogP contribution in [0.2, 0.25) is 0 Å². The number of rotatable bonds is 6. The van der Waals surface area contributed by atoms with Crippen LogP contribution in [0.5, 0.6) is 0 Å². The predicted octanol–water partition coefficient (Wildman–Crippen LogP) is 2.06. The van der Waals surface area contributed by atoms with Crippen LogP contribution in [-0.4, -0.2) is 43.6 Å². The number of anilines is 1. The Morgan fingerprint density at radius 1 is 1.38 bits per heavy atom. The first-order valence-corrected chi connectivity index (χ1v) is 8.97. The summed E-state index contributed by atoms with van der Waals surface area (Å²) in [5, 5.41) is 12.3. The zero-order valence-corrected chi connectivity index (χ0v) is 14.6. The lowest BCUT2D eigenvalue weighted by Gasteiger charge is -2.17. The molecule has 7 nitrogen and oxygen atoms in total. The van der Waals surface area contributed by atoms with Gasteiger partial charge in [0.1, 0.15) is 0 Å². The molecule has 0 saturated heterocycles. The maximum Gasteiger partial charge on any atom is 0.233 e. The van der Waals surface area contributed by atoms with Gasteiger partial charge in [0.05, 0.1) is 11.4 Å². The van der Waals surface area contributed by atoms with Gasteiger partial charge in [-0.2, -0.15) is 5.10 Å².